The van der Waals surface area contributed by atoms with E-state index >= 15 is 0 Å². The van der Waals surface area contributed by atoms with Gasteiger partial charge in [0.05, 0.1) is 4.90 Å². The molecule has 0 saturated carbocycles. The molecule has 0 spiro atoms. The van der Waals surface area contributed by atoms with E-state index in [9.17, 15) is 13.2 Å². The summed E-state index contributed by atoms with van der Waals surface area (Å²) in [6.07, 6.45) is 1.70. The molecule has 2 aromatic carbocycles. The number of halogens is 1. The number of urea groups is 1. The number of aromatic nitrogens is 2. The van der Waals surface area contributed by atoms with Crippen LogP contribution in [0.3, 0.4) is 0 Å². The fraction of sp³-hybridized carbons (Fsp3) is 0.0588. The molecule has 140 valence electrons. The molecule has 2 amide bonds. The molecule has 0 bridgehead atoms. The summed E-state index contributed by atoms with van der Waals surface area (Å²) in [5.74, 6) is -0.0114. The molecule has 0 unspecified atom stereocenters. The molecule has 10 heteroatoms. The van der Waals surface area contributed by atoms with Gasteiger partial charge in [-0.25, -0.2) is 13.2 Å². The molecule has 1 heterocycles. The van der Waals surface area contributed by atoms with Gasteiger partial charge in [-0.15, -0.1) is 11.8 Å². The van der Waals surface area contributed by atoms with Crippen LogP contribution in [-0.2, 0) is 9.84 Å². The third kappa shape index (κ3) is 4.26. The van der Waals surface area contributed by atoms with Crippen molar-refractivity contribution in [3.8, 4) is 0 Å². The predicted octanol–water partition coefficient (Wildman–Crippen LogP) is 4.26. The van der Waals surface area contributed by atoms with Gasteiger partial charge < -0.3 is 5.32 Å². The van der Waals surface area contributed by atoms with Crippen molar-refractivity contribution in [1.82, 2.24) is 10.2 Å². The van der Waals surface area contributed by atoms with E-state index in [0.717, 1.165) is 11.8 Å². The molecular formula is C17H15ClN4O3S2. The molecule has 3 N–H and O–H groups in total. The van der Waals surface area contributed by atoms with Gasteiger partial charge in [-0.1, -0.05) is 29.8 Å². The van der Waals surface area contributed by atoms with E-state index in [2.05, 4.69) is 20.8 Å². The second-order valence-electron chi connectivity index (χ2n) is 5.34. The van der Waals surface area contributed by atoms with Crippen LogP contribution in [0.15, 0.2) is 69.4 Å². The van der Waals surface area contributed by atoms with Gasteiger partial charge in [0.25, 0.3) is 0 Å². The fourth-order valence-electron chi connectivity index (χ4n) is 2.32. The van der Waals surface area contributed by atoms with Gasteiger partial charge in [0.2, 0.25) is 9.84 Å². The van der Waals surface area contributed by atoms with Gasteiger partial charge in [0, 0.05) is 10.7 Å². The van der Waals surface area contributed by atoms with Crippen molar-refractivity contribution >= 4 is 50.7 Å². The standard InChI is InChI=1S/C17H15ClN4O3S2/c1-26-16-14(27(24,25)13-9-7-11(18)8-10-13)15(21-22-16)20-17(23)19-12-5-3-2-4-6-12/h2-10H,1H3,(H3,19,20,21,22,23). The highest BCUT2D eigenvalue weighted by molar-refractivity contribution is 7.99. The molecule has 0 radical (unpaired) electrons. The number of benzene rings is 2. The maximum Gasteiger partial charge on any atom is 0.324 e. The van der Waals surface area contributed by atoms with Crippen LogP contribution in [0.1, 0.15) is 0 Å². The number of hydrogen-bond donors (Lipinski definition) is 3. The molecule has 0 atom stereocenters. The lowest BCUT2D eigenvalue weighted by Crippen LogP contribution is -2.21. The molecule has 27 heavy (non-hydrogen) atoms. The van der Waals surface area contributed by atoms with Crippen LogP contribution in [-0.4, -0.2) is 30.9 Å². The summed E-state index contributed by atoms with van der Waals surface area (Å²) in [6, 6.07) is 14.0. The third-order valence-electron chi connectivity index (χ3n) is 3.55. The highest BCUT2D eigenvalue weighted by Crippen LogP contribution is 2.34. The lowest BCUT2D eigenvalue weighted by Gasteiger charge is -2.09. The molecule has 3 rings (SSSR count). The number of nitrogens with one attached hydrogen (secondary N) is 3. The Kier molecular flexibility index (Phi) is 5.73. The molecule has 0 aliphatic rings. The number of amides is 2. The summed E-state index contributed by atoms with van der Waals surface area (Å²) in [7, 11) is -3.92. The molecule has 0 saturated heterocycles. The SMILES string of the molecule is CSc1n[nH]c(NC(=O)Nc2ccccc2)c1S(=O)(=O)c1ccc(Cl)cc1. The van der Waals surface area contributed by atoms with Gasteiger partial charge in [0.1, 0.15) is 15.7 Å². The van der Waals surface area contributed by atoms with E-state index in [1.165, 1.54) is 24.3 Å². The zero-order valence-corrected chi connectivity index (χ0v) is 16.5. The zero-order chi connectivity index (χ0) is 19.4. The molecule has 3 aromatic rings. The molecule has 7 nitrogen and oxygen atoms in total. The summed E-state index contributed by atoms with van der Waals surface area (Å²) in [5, 5.41) is 12.4. The number of aromatic amines is 1. The summed E-state index contributed by atoms with van der Waals surface area (Å²) >= 11 is 6.99. The number of hydrogen-bond acceptors (Lipinski definition) is 5. The van der Waals surface area contributed by atoms with E-state index in [0.29, 0.717) is 10.7 Å². The normalized spacial score (nSPS) is 11.2. The van der Waals surface area contributed by atoms with E-state index in [-0.39, 0.29) is 20.6 Å². The maximum atomic E-state index is 13.1. The van der Waals surface area contributed by atoms with E-state index in [1.807, 2.05) is 6.07 Å². The Morgan fingerprint density at radius 3 is 2.37 bits per heavy atom. The second-order valence-corrected chi connectivity index (χ2v) is 8.46. The van der Waals surface area contributed by atoms with Crippen molar-refractivity contribution in [3.05, 3.63) is 59.6 Å². The Morgan fingerprint density at radius 1 is 1.07 bits per heavy atom. The third-order valence-corrected chi connectivity index (χ3v) is 6.44. The number of para-hydroxylation sites is 1. The average molecular weight is 423 g/mol. The first-order valence-electron chi connectivity index (χ1n) is 7.68. The molecule has 0 aliphatic carbocycles. The molecule has 0 fully saturated rings. The van der Waals surface area contributed by atoms with Crippen LogP contribution >= 0.6 is 23.4 Å². The Balaban J connectivity index is 1.93. The van der Waals surface area contributed by atoms with Crippen molar-refractivity contribution in [2.75, 3.05) is 16.9 Å². The first-order valence-corrected chi connectivity index (χ1v) is 10.8. The lowest BCUT2D eigenvalue weighted by molar-refractivity contribution is 0.262. The summed E-state index contributed by atoms with van der Waals surface area (Å²) in [4.78, 5) is 12.2. The van der Waals surface area contributed by atoms with Gasteiger partial charge in [-0.2, -0.15) is 5.10 Å². The number of carbonyl (C=O) groups excluding carboxylic acids is 1. The maximum absolute atomic E-state index is 13.1. The van der Waals surface area contributed by atoms with E-state index in [1.54, 1.807) is 30.5 Å². The van der Waals surface area contributed by atoms with Crippen LogP contribution in [0.25, 0.3) is 0 Å². The Labute approximate surface area is 165 Å². The Morgan fingerprint density at radius 2 is 1.74 bits per heavy atom. The Bertz CT molecular complexity index is 1050. The van der Waals surface area contributed by atoms with Crippen molar-refractivity contribution in [2.24, 2.45) is 0 Å². The minimum Gasteiger partial charge on any atom is -0.308 e. The monoisotopic (exact) mass is 422 g/mol. The Hall–Kier alpha value is -2.49. The first kappa shape index (κ1) is 19.3. The number of nitrogens with zero attached hydrogens (tertiary/aromatic N) is 1. The van der Waals surface area contributed by atoms with Crippen LogP contribution in [0.5, 0.6) is 0 Å². The van der Waals surface area contributed by atoms with Crippen LogP contribution < -0.4 is 10.6 Å². The number of H-pyrrole nitrogens is 1. The fourth-order valence-corrected chi connectivity index (χ4v) is 4.82. The second kappa shape index (κ2) is 8.03. The van der Waals surface area contributed by atoms with E-state index in [4.69, 9.17) is 11.6 Å². The van der Waals surface area contributed by atoms with Gasteiger partial charge in [0.15, 0.2) is 0 Å². The minimum atomic E-state index is -3.92. The highest BCUT2D eigenvalue weighted by Gasteiger charge is 2.29. The minimum absolute atomic E-state index is 0.0114. The number of carbonyl (C=O) groups is 1. The molecular weight excluding hydrogens is 408 g/mol. The largest absolute Gasteiger partial charge is 0.324 e. The molecule has 0 aliphatic heterocycles. The highest BCUT2D eigenvalue weighted by atomic mass is 35.5. The quantitative estimate of drug-likeness (QED) is 0.533. The summed E-state index contributed by atoms with van der Waals surface area (Å²) in [6.45, 7) is 0. The number of anilines is 2. The lowest BCUT2D eigenvalue weighted by atomic mass is 10.3. The average Bonchev–Trinajstić information content (AvgIpc) is 3.06. The smallest absolute Gasteiger partial charge is 0.308 e. The van der Waals surface area contributed by atoms with Crippen molar-refractivity contribution in [2.45, 2.75) is 14.8 Å². The van der Waals surface area contributed by atoms with Crippen LogP contribution in [0, 0.1) is 0 Å². The van der Waals surface area contributed by atoms with Crippen molar-refractivity contribution < 1.29 is 13.2 Å². The first-order chi connectivity index (χ1) is 12.9. The number of thioether (sulfide) groups is 1. The predicted molar refractivity (Wildman–Crippen MR) is 106 cm³/mol. The van der Waals surface area contributed by atoms with Gasteiger partial charge in [-0.3, -0.25) is 10.4 Å². The van der Waals surface area contributed by atoms with Gasteiger partial charge in [-0.05, 0) is 42.7 Å². The van der Waals surface area contributed by atoms with E-state index < -0.39 is 15.9 Å². The van der Waals surface area contributed by atoms with Crippen LogP contribution in [0.4, 0.5) is 16.3 Å². The number of sulfone groups is 1. The van der Waals surface area contributed by atoms with Crippen molar-refractivity contribution in [1.29, 1.82) is 0 Å². The van der Waals surface area contributed by atoms with Gasteiger partial charge >= 0.3 is 6.03 Å². The molecule has 1 aromatic heterocycles. The van der Waals surface area contributed by atoms with Crippen LogP contribution in [0.2, 0.25) is 5.02 Å². The summed E-state index contributed by atoms with van der Waals surface area (Å²) in [5.41, 5.74) is 0.571. The zero-order valence-electron chi connectivity index (χ0n) is 14.1. The van der Waals surface area contributed by atoms with Crippen molar-refractivity contribution in [3.63, 3.8) is 0 Å². The topological polar surface area (TPSA) is 104 Å². The summed E-state index contributed by atoms with van der Waals surface area (Å²) < 4.78 is 26.1. The number of rotatable bonds is 5.